The Hall–Kier alpha value is -2.30. The first-order valence-electron chi connectivity index (χ1n) is 9.35. The van der Waals surface area contributed by atoms with Crippen LogP contribution in [0.5, 0.6) is 5.75 Å². The molecule has 1 saturated heterocycles. The van der Waals surface area contributed by atoms with Crippen LogP contribution in [0.15, 0.2) is 24.3 Å². The second kappa shape index (κ2) is 9.95. The van der Waals surface area contributed by atoms with E-state index in [1.54, 1.807) is 43.0 Å². The van der Waals surface area contributed by atoms with Gasteiger partial charge in [-0.1, -0.05) is 12.1 Å². The van der Waals surface area contributed by atoms with Crippen molar-refractivity contribution in [3.8, 4) is 5.75 Å². The molecule has 2 atom stereocenters. The Morgan fingerprint density at radius 3 is 2.38 bits per heavy atom. The van der Waals surface area contributed by atoms with E-state index < -0.39 is 34.8 Å². The molecule has 1 aliphatic heterocycles. The predicted octanol–water partition coefficient (Wildman–Crippen LogP) is 0.238. The fourth-order valence-corrected chi connectivity index (χ4v) is 2.84. The number of piperazine rings is 1. The summed E-state index contributed by atoms with van der Waals surface area (Å²) in [7, 11) is 0. The molecular formula is C19H28N4O5S. The van der Waals surface area contributed by atoms with E-state index >= 15 is 0 Å². The number of nitrogens with one attached hydrogen (secondary N) is 2. The number of nitrogens with zero attached hydrogens (tertiary/aromatic N) is 1. The number of nitrogens with two attached hydrogens (primary N) is 1. The maximum absolute atomic E-state index is 12.2. The van der Waals surface area contributed by atoms with Crippen molar-refractivity contribution >= 4 is 30.6 Å². The van der Waals surface area contributed by atoms with Gasteiger partial charge in [0.15, 0.2) is 0 Å². The van der Waals surface area contributed by atoms with Crippen molar-refractivity contribution in [1.29, 1.82) is 0 Å². The van der Waals surface area contributed by atoms with Crippen LogP contribution in [0.2, 0.25) is 0 Å². The lowest BCUT2D eigenvalue weighted by molar-refractivity contribution is -0.142. The number of benzene rings is 1. The Balaban J connectivity index is 1.95. The lowest BCUT2D eigenvalue weighted by Crippen LogP contribution is -2.55. The summed E-state index contributed by atoms with van der Waals surface area (Å²) < 4.78 is 4.55. The van der Waals surface area contributed by atoms with E-state index in [4.69, 9.17) is 10.5 Å². The largest absolute Gasteiger partial charge is 0.480 e. The Morgan fingerprint density at radius 1 is 1.28 bits per heavy atom. The van der Waals surface area contributed by atoms with Crippen LogP contribution in [-0.4, -0.2) is 71.0 Å². The van der Waals surface area contributed by atoms with E-state index in [2.05, 4.69) is 23.3 Å². The van der Waals surface area contributed by atoms with E-state index in [1.807, 2.05) is 0 Å². The summed E-state index contributed by atoms with van der Waals surface area (Å²) in [6, 6.07) is 4.41. The summed E-state index contributed by atoms with van der Waals surface area (Å²) in [6.07, 6.45) is -0.356. The van der Waals surface area contributed by atoms with E-state index in [1.165, 1.54) is 0 Å². The standard InChI is InChI=1S/C19H28N4O5S/c1-19(2,29)15(20)16(24)22-14(17(25)26)11-12-3-5-13(6-4-12)28-18(27)23-9-7-21-8-10-23/h3-6,14-15,21,29H,7-11,20H2,1-2H3,(H,22,24)(H,25,26)/t14-,15+/m0/s1. The molecule has 2 amide bonds. The van der Waals surface area contributed by atoms with Crippen molar-refractivity contribution in [2.45, 2.75) is 37.1 Å². The SMILES string of the molecule is CC(C)(S)[C@H](N)C(=O)N[C@@H](Cc1ccc(OC(=O)N2CCNCC2)cc1)C(=O)O. The predicted molar refractivity (Wildman–Crippen MR) is 111 cm³/mol. The van der Waals surface area contributed by atoms with Gasteiger partial charge in [-0.05, 0) is 31.5 Å². The van der Waals surface area contributed by atoms with Crippen LogP contribution in [0.3, 0.4) is 0 Å². The van der Waals surface area contributed by atoms with Crippen LogP contribution in [0.25, 0.3) is 0 Å². The number of ether oxygens (including phenoxy) is 1. The van der Waals surface area contributed by atoms with Crippen molar-refractivity contribution in [3.05, 3.63) is 29.8 Å². The van der Waals surface area contributed by atoms with Crippen molar-refractivity contribution in [2.24, 2.45) is 5.73 Å². The van der Waals surface area contributed by atoms with Gasteiger partial charge in [0.05, 0.1) is 6.04 Å². The molecule has 0 bridgehead atoms. The molecule has 1 heterocycles. The van der Waals surface area contributed by atoms with Gasteiger partial charge in [-0.15, -0.1) is 0 Å². The van der Waals surface area contributed by atoms with E-state index in [0.29, 0.717) is 24.4 Å². The molecule has 0 radical (unpaired) electrons. The smallest absolute Gasteiger partial charge is 0.415 e. The van der Waals surface area contributed by atoms with Crippen molar-refractivity contribution in [3.63, 3.8) is 0 Å². The first-order valence-corrected chi connectivity index (χ1v) is 9.80. The molecule has 0 saturated carbocycles. The van der Waals surface area contributed by atoms with Gasteiger partial charge in [-0.25, -0.2) is 9.59 Å². The van der Waals surface area contributed by atoms with Gasteiger partial charge in [0.25, 0.3) is 0 Å². The minimum Gasteiger partial charge on any atom is -0.480 e. The quantitative estimate of drug-likeness (QED) is 0.396. The lowest BCUT2D eigenvalue weighted by atomic mass is 10.0. The zero-order valence-electron chi connectivity index (χ0n) is 16.6. The van der Waals surface area contributed by atoms with E-state index in [-0.39, 0.29) is 6.42 Å². The van der Waals surface area contributed by atoms with E-state index in [0.717, 1.165) is 13.1 Å². The lowest BCUT2D eigenvalue weighted by Gasteiger charge is -2.26. The molecule has 1 aliphatic rings. The first-order chi connectivity index (χ1) is 13.6. The van der Waals surface area contributed by atoms with Gasteiger partial charge in [0, 0.05) is 37.3 Å². The number of hydrogen-bond donors (Lipinski definition) is 5. The molecule has 160 valence electrons. The molecule has 1 aromatic rings. The molecule has 1 fully saturated rings. The fraction of sp³-hybridized carbons (Fsp3) is 0.526. The van der Waals surface area contributed by atoms with Gasteiger partial charge >= 0.3 is 12.1 Å². The molecule has 0 aliphatic carbocycles. The van der Waals surface area contributed by atoms with E-state index in [9.17, 15) is 19.5 Å². The molecule has 0 unspecified atom stereocenters. The minimum absolute atomic E-state index is 0.0623. The van der Waals surface area contributed by atoms with Gasteiger partial charge in [-0.2, -0.15) is 12.6 Å². The highest BCUT2D eigenvalue weighted by Gasteiger charge is 2.31. The topological polar surface area (TPSA) is 134 Å². The Labute approximate surface area is 175 Å². The number of amides is 2. The molecule has 9 nitrogen and oxygen atoms in total. The highest BCUT2D eigenvalue weighted by molar-refractivity contribution is 7.81. The number of carboxylic acids is 1. The van der Waals surface area contributed by atoms with Crippen molar-refractivity contribution in [1.82, 2.24) is 15.5 Å². The summed E-state index contributed by atoms with van der Waals surface area (Å²) in [4.78, 5) is 37.5. The number of carboxylic acid groups (broad SMARTS) is 1. The normalized spacial score (nSPS) is 16.6. The maximum Gasteiger partial charge on any atom is 0.415 e. The molecule has 29 heavy (non-hydrogen) atoms. The fourth-order valence-electron chi connectivity index (χ4n) is 2.72. The molecule has 0 spiro atoms. The number of hydrogen-bond acceptors (Lipinski definition) is 7. The number of carbonyl (C=O) groups is 3. The average Bonchev–Trinajstić information content (AvgIpc) is 2.68. The zero-order chi connectivity index (χ0) is 21.6. The molecule has 2 rings (SSSR count). The molecule has 10 heteroatoms. The van der Waals surface area contributed by atoms with Gasteiger partial charge in [0.1, 0.15) is 11.8 Å². The van der Waals surface area contributed by atoms with Crippen LogP contribution in [0, 0.1) is 0 Å². The minimum atomic E-state index is -1.17. The maximum atomic E-state index is 12.2. The number of rotatable bonds is 7. The van der Waals surface area contributed by atoms with Crippen LogP contribution in [-0.2, 0) is 16.0 Å². The average molecular weight is 425 g/mol. The number of carbonyl (C=O) groups excluding carboxylic acids is 2. The molecule has 5 N–H and O–H groups in total. The second-order valence-electron chi connectivity index (χ2n) is 7.48. The monoisotopic (exact) mass is 424 g/mol. The van der Waals surface area contributed by atoms with Gasteiger partial charge < -0.3 is 31.1 Å². The Kier molecular flexibility index (Phi) is 7.88. The van der Waals surface area contributed by atoms with Crippen LogP contribution in [0.1, 0.15) is 19.4 Å². The zero-order valence-corrected chi connectivity index (χ0v) is 17.4. The number of aliphatic carboxylic acids is 1. The van der Waals surface area contributed by atoms with Crippen molar-refractivity contribution < 1.29 is 24.2 Å². The summed E-state index contributed by atoms with van der Waals surface area (Å²) in [5.41, 5.74) is 6.49. The Bertz CT molecular complexity index is 729. The van der Waals surface area contributed by atoms with Gasteiger partial charge in [0.2, 0.25) is 5.91 Å². The number of thiol groups is 1. The van der Waals surface area contributed by atoms with Crippen LogP contribution < -0.4 is 21.1 Å². The molecule has 1 aromatic carbocycles. The third-order valence-corrected chi connectivity index (χ3v) is 4.88. The third kappa shape index (κ3) is 6.91. The molecule has 0 aromatic heterocycles. The molecular weight excluding hydrogens is 396 g/mol. The second-order valence-corrected chi connectivity index (χ2v) is 8.64. The van der Waals surface area contributed by atoms with Gasteiger partial charge in [-0.3, -0.25) is 4.79 Å². The summed E-state index contributed by atoms with van der Waals surface area (Å²) in [5, 5.41) is 15.0. The first kappa shape index (κ1) is 23.0. The summed E-state index contributed by atoms with van der Waals surface area (Å²) in [6.45, 7) is 5.98. The Morgan fingerprint density at radius 2 is 1.86 bits per heavy atom. The third-order valence-electron chi connectivity index (χ3n) is 4.60. The van der Waals surface area contributed by atoms with Crippen molar-refractivity contribution in [2.75, 3.05) is 26.2 Å². The summed E-state index contributed by atoms with van der Waals surface area (Å²) >= 11 is 4.26. The van der Waals surface area contributed by atoms with Crippen LogP contribution in [0.4, 0.5) is 4.79 Å². The highest BCUT2D eigenvalue weighted by Crippen LogP contribution is 2.17. The highest BCUT2D eigenvalue weighted by atomic mass is 32.1. The van der Waals surface area contributed by atoms with Crippen LogP contribution >= 0.6 is 12.6 Å². The summed E-state index contributed by atoms with van der Waals surface area (Å²) in [5.74, 6) is -1.39.